The minimum Gasteiger partial charge on any atom is -0.481 e. The third kappa shape index (κ3) is 5.57. The van der Waals surface area contributed by atoms with Crippen LogP contribution in [0.5, 0.6) is 0 Å². The molecule has 1 aromatic carbocycles. The fourth-order valence-corrected chi connectivity index (χ4v) is 1.63. The fourth-order valence-electron chi connectivity index (χ4n) is 1.41. The third-order valence-corrected chi connectivity index (χ3v) is 2.56. The Balaban J connectivity index is 2.49. The predicted molar refractivity (Wildman–Crippen MR) is 70.5 cm³/mol. The number of carboxylic acid groups (broad SMARTS) is 2. The molecule has 0 radical (unpaired) electrons. The number of carbonyl (C=O) groups excluding carboxylic acids is 1. The van der Waals surface area contributed by atoms with Gasteiger partial charge in [0.1, 0.15) is 6.04 Å². The number of hydrogen-bond donors (Lipinski definition) is 4. The molecule has 7 nitrogen and oxygen atoms in total. The van der Waals surface area contributed by atoms with Gasteiger partial charge in [-0.1, -0.05) is 23.7 Å². The second-order valence-corrected chi connectivity index (χ2v) is 4.38. The van der Waals surface area contributed by atoms with Gasteiger partial charge in [-0.15, -0.1) is 0 Å². The van der Waals surface area contributed by atoms with Crippen LogP contribution in [0, 0.1) is 0 Å². The van der Waals surface area contributed by atoms with Gasteiger partial charge in [-0.2, -0.15) is 0 Å². The molecule has 0 fully saturated rings. The van der Waals surface area contributed by atoms with Crippen molar-refractivity contribution >= 4 is 29.6 Å². The molecule has 1 unspecified atom stereocenters. The van der Waals surface area contributed by atoms with Gasteiger partial charge in [0.05, 0.1) is 6.42 Å². The molecular weight excluding hydrogens is 288 g/mol. The van der Waals surface area contributed by atoms with Gasteiger partial charge in [0.2, 0.25) is 0 Å². The van der Waals surface area contributed by atoms with Crippen molar-refractivity contribution in [2.45, 2.75) is 19.0 Å². The summed E-state index contributed by atoms with van der Waals surface area (Å²) in [6.07, 6.45) is -0.695. The van der Waals surface area contributed by atoms with Crippen molar-refractivity contribution in [3.05, 3.63) is 34.9 Å². The van der Waals surface area contributed by atoms with Crippen LogP contribution >= 0.6 is 11.6 Å². The van der Waals surface area contributed by atoms with Crippen LogP contribution in [-0.2, 0) is 16.1 Å². The van der Waals surface area contributed by atoms with Crippen LogP contribution in [0.15, 0.2) is 24.3 Å². The molecule has 0 bridgehead atoms. The van der Waals surface area contributed by atoms with E-state index in [1.165, 1.54) is 0 Å². The highest BCUT2D eigenvalue weighted by Gasteiger charge is 2.22. The molecule has 0 heterocycles. The quantitative estimate of drug-likeness (QED) is 0.627. The van der Waals surface area contributed by atoms with Gasteiger partial charge < -0.3 is 20.8 Å². The lowest BCUT2D eigenvalue weighted by Crippen LogP contribution is -2.46. The molecule has 1 atom stereocenters. The molecule has 0 spiro atoms. The second-order valence-electron chi connectivity index (χ2n) is 3.95. The summed E-state index contributed by atoms with van der Waals surface area (Å²) in [6, 6.07) is 4.52. The molecule has 0 saturated heterocycles. The lowest BCUT2D eigenvalue weighted by molar-refractivity contribution is -0.145. The molecule has 0 aliphatic heterocycles. The molecule has 2 amide bonds. The van der Waals surface area contributed by atoms with Crippen LogP contribution in [-0.4, -0.2) is 34.2 Å². The van der Waals surface area contributed by atoms with Gasteiger partial charge in [0.15, 0.2) is 0 Å². The number of carboxylic acids is 2. The Morgan fingerprint density at radius 1 is 1.25 bits per heavy atom. The second kappa shape index (κ2) is 7.34. The number of nitrogens with one attached hydrogen (secondary N) is 2. The Kier molecular flexibility index (Phi) is 5.79. The van der Waals surface area contributed by atoms with Crippen molar-refractivity contribution in [3.8, 4) is 0 Å². The van der Waals surface area contributed by atoms with Gasteiger partial charge in [-0.25, -0.2) is 9.59 Å². The minimum absolute atomic E-state index is 0.145. The summed E-state index contributed by atoms with van der Waals surface area (Å²) in [5, 5.41) is 22.3. The standard InChI is InChI=1S/C12H13ClN2O5/c13-8-3-1-2-7(4-8)6-14-12(20)15-9(11(18)19)5-10(16)17/h1-4,9H,5-6H2,(H,16,17)(H,18,19)(H2,14,15,20). The number of benzene rings is 1. The molecule has 1 aromatic rings. The van der Waals surface area contributed by atoms with E-state index in [0.29, 0.717) is 5.02 Å². The number of carbonyl (C=O) groups is 3. The third-order valence-electron chi connectivity index (χ3n) is 2.32. The number of halogens is 1. The highest BCUT2D eigenvalue weighted by atomic mass is 35.5. The fraction of sp³-hybridized carbons (Fsp3) is 0.250. The van der Waals surface area contributed by atoms with Gasteiger partial charge >= 0.3 is 18.0 Å². The van der Waals surface area contributed by atoms with Crippen LogP contribution in [0.25, 0.3) is 0 Å². The smallest absolute Gasteiger partial charge is 0.326 e. The Labute approximate surface area is 119 Å². The SMILES string of the molecule is O=C(O)CC(NC(=O)NCc1cccc(Cl)c1)C(=O)O. The Morgan fingerprint density at radius 3 is 2.50 bits per heavy atom. The zero-order valence-electron chi connectivity index (χ0n) is 10.3. The molecule has 20 heavy (non-hydrogen) atoms. The molecule has 4 N–H and O–H groups in total. The first-order valence-corrected chi connectivity index (χ1v) is 5.99. The lowest BCUT2D eigenvalue weighted by Gasteiger charge is -2.13. The zero-order chi connectivity index (χ0) is 15.1. The lowest BCUT2D eigenvalue weighted by atomic mass is 10.2. The van der Waals surface area contributed by atoms with Crippen molar-refractivity contribution in [2.75, 3.05) is 0 Å². The summed E-state index contributed by atoms with van der Waals surface area (Å²) >= 11 is 5.77. The highest BCUT2D eigenvalue weighted by Crippen LogP contribution is 2.10. The molecule has 0 aliphatic carbocycles. The first kappa shape index (κ1) is 15.8. The van der Waals surface area contributed by atoms with E-state index in [0.717, 1.165) is 5.56 Å². The number of rotatable bonds is 6. The maximum atomic E-state index is 11.5. The molecular formula is C12H13ClN2O5. The maximum Gasteiger partial charge on any atom is 0.326 e. The van der Waals surface area contributed by atoms with E-state index in [2.05, 4.69) is 10.6 Å². The molecule has 108 valence electrons. The van der Waals surface area contributed by atoms with E-state index in [1.807, 2.05) is 0 Å². The normalized spacial score (nSPS) is 11.4. The van der Waals surface area contributed by atoms with Crippen molar-refractivity contribution in [1.29, 1.82) is 0 Å². The number of aliphatic carboxylic acids is 2. The van der Waals surface area contributed by atoms with E-state index in [1.54, 1.807) is 24.3 Å². The zero-order valence-corrected chi connectivity index (χ0v) is 11.1. The first-order valence-electron chi connectivity index (χ1n) is 5.62. The number of amides is 2. The van der Waals surface area contributed by atoms with E-state index < -0.39 is 30.4 Å². The summed E-state index contributed by atoms with van der Waals surface area (Å²) < 4.78 is 0. The van der Waals surface area contributed by atoms with Crippen LogP contribution in [0.2, 0.25) is 5.02 Å². The summed E-state index contributed by atoms with van der Waals surface area (Å²) in [4.78, 5) is 32.7. The van der Waals surface area contributed by atoms with E-state index in [-0.39, 0.29) is 6.54 Å². The molecule has 1 rings (SSSR count). The van der Waals surface area contributed by atoms with Gasteiger partial charge in [0, 0.05) is 11.6 Å². The summed E-state index contributed by atoms with van der Waals surface area (Å²) in [5.74, 6) is -2.72. The van der Waals surface area contributed by atoms with Gasteiger partial charge in [-0.05, 0) is 17.7 Å². The van der Waals surface area contributed by atoms with E-state index in [9.17, 15) is 14.4 Å². The Hall–Kier alpha value is -2.28. The van der Waals surface area contributed by atoms with Crippen molar-refractivity contribution in [1.82, 2.24) is 10.6 Å². The minimum atomic E-state index is -1.48. The number of hydrogen-bond acceptors (Lipinski definition) is 3. The van der Waals surface area contributed by atoms with E-state index in [4.69, 9.17) is 21.8 Å². The van der Waals surface area contributed by atoms with E-state index >= 15 is 0 Å². The molecule has 0 saturated carbocycles. The van der Waals surface area contributed by atoms with Crippen molar-refractivity contribution in [3.63, 3.8) is 0 Å². The van der Waals surface area contributed by atoms with Crippen molar-refractivity contribution < 1.29 is 24.6 Å². The topological polar surface area (TPSA) is 116 Å². The van der Waals surface area contributed by atoms with Crippen molar-refractivity contribution in [2.24, 2.45) is 0 Å². The number of urea groups is 1. The van der Waals surface area contributed by atoms with Crippen LogP contribution < -0.4 is 10.6 Å². The summed E-state index contributed by atoms with van der Waals surface area (Å²) in [7, 11) is 0. The largest absolute Gasteiger partial charge is 0.481 e. The summed E-state index contributed by atoms with van der Waals surface area (Å²) in [6.45, 7) is 0.145. The average Bonchev–Trinajstić information content (AvgIpc) is 2.35. The summed E-state index contributed by atoms with van der Waals surface area (Å²) in [5.41, 5.74) is 0.734. The molecule has 0 aliphatic rings. The van der Waals surface area contributed by atoms with Crippen LogP contribution in [0.1, 0.15) is 12.0 Å². The monoisotopic (exact) mass is 300 g/mol. The van der Waals surface area contributed by atoms with Crippen LogP contribution in [0.4, 0.5) is 4.79 Å². The highest BCUT2D eigenvalue weighted by molar-refractivity contribution is 6.30. The predicted octanol–water partition coefficient (Wildman–Crippen LogP) is 1.07. The van der Waals surface area contributed by atoms with Gasteiger partial charge in [-0.3, -0.25) is 4.79 Å². The maximum absolute atomic E-state index is 11.5. The van der Waals surface area contributed by atoms with Crippen LogP contribution in [0.3, 0.4) is 0 Å². The van der Waals surface area contributed by atoms with Gasteiger partial charge in [0.25, 0.3) is 0 Å². The first-order chi connectivity index (χ1) is 9.38. The Morgan fingerprint density at radius 2 is 1.95 bits per heavy atom. The molecule has 8 heteroatoms. The molecule has 0 aromatic heterocycles. The average molecular weight is 301 g/mol. The Bertz CT molecular complexity index is 520.